The Kier molecular flexibility index (Phi) is 3.57. The first-order valence-corrected chi connectivity index (χ1v) is 5.79. The Morgan fingerprint density at radius 2 is 2.12 bits per heavy atom. The monoisotopic (exact) mass is 218 g/mol. The van der Waals surface area contributed by atoms with Crippen LogP contribution in [-0.4, -0.2) is 19.0 Å². The third-order valence-corrected chi connectivity index (χ3v) is 3.16. The SMILES string of the molecule is C[C@@H]1CNC[C@H]1C(=O)NCc1ccccc1. The highest BCUT2D eigenvalue weighted by Gasteiger charge is 2.28. The lowest BCUT2D eigenvalue weighted by Gasteiger charge is -2.14. The van der Waals surface area contributed by atoms with Gasteiger partial charge >= 0.3 is 0 Å². The summed E-state index contributed by atoms with van der Waals surface area (Å²) < 4.78 is 0. The van der Waals surface area contributed by atoms with Gasteiger partial charge in [-0.3, -0.25) is 4.79 Å². The standard InChI is InChI=1S/C13H18N2O/c1-10-7-14-9-12(10)13(16)15-8-11-5-3-2-4-6-11/h2-6,10,12,14H,7-9H2,1H3,(H,15,16)/t10-,12-/m1/s1. The minimum Gasteiger partial charge on any atom is -0.352 e. The van der Waals surface area contributed by atoms with Gasteiger partial charge in [0.15, 0.2) is 0 Å². The summed E-state index contributed by atoms with van der Waals surface area (Å²) in [5, 5.41) is 6.23. The Labute approximate surface area is 96.2 Å². The van der Waals surface area contributed by atoms with Crippen LogP contribution in [-0.2, 0) is 11.3 Å². The predicted octanol–water partition coefficient (Wildman–Crippen LogP) is 1.16. The van der Waals surface area contributed by atoms with E-state index in [1.165, 1.54) is 0 Å². The number of hydrogen-bond donors (Lipinski definition) is 2. The molecule has 2 rings (SSSR count). The molecule has 1 amide bonds. The summed E-state index contributed by atoms with van der Waals surface area (Å²) in [6.45, 7) is 4.50. The Hall–Kier alpha value is -1.35. The van der Waals surface area contributed by atoms with E-state index in [1.807, 2.05) is 30.3 Å². The molecule has 1 aliphatic heterocycles. The lowest BCUT2D eigenvalue weighted by Crippen LogP contribution is -2.33. The molecule has 3 heteroatoms. The van der Waals surface area contributed by atoms with Gasteiger partial charge < -0.3 is 10.6 Å². The molecule has 1 heterocycles. The van der Waals surface area contributed by atoms with Crippen molar-refractivity contribution in [2.45, 2.75) is 13.5 Å². The van der Waals surface area contributed by atoms with Crippen LogP contribution < -0.4 is 10.6 Å². The van der Waals surface area contributed by atoms with Crippen molar-refractivity contribution in [3.05, 3.63) is 35.9 Å². The molecule has 2 atom stereocenters. The lowest BCUT2D eigenvalue weighted by molar-refractivity contribution is -0.125. The van der Waals surface area contributed by atoms with Crippen LogP contribution in [0.2, 0.25) is 0 Å². The molecule has 0 unspecified atom stereocenters. The lowest BCUT2D eigenvalue weighted by atomic mass is 9.97. The molecule has 1 fully saturated rings. The minimum atomic E-state index is 0.128. The minimum absolute atomic E-state index is 0.128. The average molecular weight is 218 g/mol. The largest absolute Gasteiger partial charge is 0.352 e. The third kappa shape index (κ3) is 2.61. The molecule has 1 aromatic carbocycles. The number of hydrogen-bond acceptors (Lipinski definition) is 2. The molecule has 1 saturated heterocycles. The van der Waals surface area contributed by atoms with Crippen molar-refractivity contribution >= 4 is 5.91 Å². The van der Waals surface area contributed by atoms with E-state index in [1.54, 1.807) is 0 Å². The van der Waals surface area contributed by atoms with Crippen molar-refractivity contribution in [1.29, 1.82) is 0 Å². The summed E-state index contributed by atoms with van der Waals surface area (Å²) in [5.41, 5.74) is 1.15. The molecule has 0 radical (unpaired) electrons. The van der Waals surface area contributed by atoms with Crippen molar-refractivity contribution < 1.29 is 4.79 Å². The Morgan fingerprint density at radius 1 is 1.38 bits per heavy atom. The molecule has 2 N–H and O–H groups in total. The van der Waals surface area contributed by atoms with Crippen molar-refractivity contribution in [3.8, 4) is 0 Å². The van der Waals surface area contributed by atoms with Crippen LogP contribution in [0.15, 0.2) is 30.3 Å². The Balaban J connectivity index is 1.84. The van der Waals surface area contributed by atoms with Crippen LogP contribution in [0, 0.1) is 11.8 Å². The van der Waals surface area contributed by atoms with Crippen molar-refractivity contribution in [1.82, 2.24) is 10.6 Å². The first kappa shape index (κ1) is 11.1. The molecule has 1 aliphatic rings. The second kappa shape index (κ2) is 5.12. The van der Waals surface area contributed by atoms with Crippen LogP contribution in [0.4, 0.5) is 0 Å². The molecular formula is C13H18N2O. The summed E-state index contributed by atoms with van der Waals surface area (Å²) in [4.78, 5) is 11.9. The van der Waals surface area contributed by atoms with Crippen molar-refractivity contribution in [3.63, 3.8) is 0 Å². The molecule has 0 aromatic heterocycles. The van der Waals surface area contributed by atoms with Crippen molar-refractivity contribution in [2.75, 3.05) is 13.1 Å². The number of benzene rings is 1. The maximum atomic E-state index is 11.9. The number of carbonyl (C=O) groups is 1. The zero-order valence-corrected chi connectivity index (χ0v) is 9.57. The van der Waals surface area contributed by atoms with Crippen LogP contribution in [0.1, 0.15) is 12.5 Å². The normalized spacial score (nSPS) is 24.3. The van der Waals surface area contributed by atoms with E-state index in [9.17, 15) is 4.79 Å². The summed E-state index contributed by atoms with van der Waals surface area (Å²) in [6.07, 6.45) is 0. The highest BCUT2D eigenvalue weighted by atomic mass is 16.1. The fourth-order valence-corrected chi connectivity index (χ4v) is 2.08. The predicted molar refractivity (Wildman–Crippen MR) is 63.8 cm³/mol. The summed E-state index contributed by atoms with van der Waals surface area (Å²) in [7, 11) is 0. The molecule has 16 heavy (non-hydrogen) atoms. The summed E-state index contributed by atoms with van der Waals surface area (Å²) in [5.74, 6) is 0.737. The van der Waals surface area contributed by atoms with Crippen molar-refractivity contribution in [2.24, 2.45) is 11.8 Å². The van der Waals surface area contributed by atoms with Crippen LogP contribution in [0.3, 0.4) is 0 Å². The Bertz CT molecular complexity index is 350. The maximum Gasteiger partial charge on any atom is 0.224 e. The zero-order chi connectivity index (χ0) is 11.4. The number of nitrogens with one attached hydrogen (secondary N) is 2. The van der Waals surface area contributed by atoms with E-state index in [4.69, 9.17) is 0 Å². The van der Waals surface area contributed by atoms with Crippen LogP contribution >= 0.6 is 0 Å². The van der Waals surface area contributed by atoms with E-state index in [-0.39, 0.29) is 11.8 Å². The van der Waals surface area contributed by atoms with Gasteiger partial charge in [0, 0.05) is 13.1 Å². The van der Waals surface area contributed by atoms with Gasteiger partial charge in [0.1, 0.15) is 0 Å². The topological polar surface area (TPSA) is 41.1 Å². The molecule has 0 bridgehead atoms. The van der Waals surface area contributed by atoms with E-state index >= 15 is 0 Å². The fraction of sp³-hybridized carbons (Fsp3) is 0.462. The van der Waals surface area contributed by atoms with Gasteiger partial charge in [-0.2, -0.15) is 0 Å². The zero-order valence-electron chi connectivity index (χ0n) is 9.57. The summed E-state index contributed by atoms with van der Waals surface area (Å²) in [6, 6.07) is 10.0. The number of carbonyl (C=O) groups excluding carboxylic acids is 1. The van der Waals surface area contributed by atoms with E-state index in [2.05, 4.69) is 17.6 Å². The van der Waals surface area contributed by atoms with Gasteiger partial charge in [-0.05, 0) is 18.0 Å². The number of rotatable bonds is 3. The van der Waals surface area contributed by atoms with Gasteiger partial charge in [-0.15, -0.1) is 0 Å². The highest BCUT2D eigenvalue weighted by Crippen LogP contribution is 2.15. The third-order valence-electron chi connectivity index (χ3n) is 3.16. The second-order valence-corrected chi connectivity index (χ2v) is 4.45. The molecule has 0 saturated carbocycles. The average Bonchev–Trinajstić information content (AvgIpc) is 2.74. The fourth-order valence-electron chi connectivity index (χ4n) is 2.08. The van der Waals surface area contributed by atoms with E-state index in [0.717, 1.165) is 18.7 Å². The quantitative estimate of drug-likeness (QED) is 0.799. The Morgan fingerprint density at radius 3 is 2.75 bits per heavy atom. The first-order chi connectivity index (χ1) is 7.77. The molecular weight excluding hydrogens is 200 g/mol. The van der Waals surface area contributed by atoms with Gasteiger partial charge in [0.2, 0.25) is 5.91 Å². The smallest absolute Gasteiger partial charge is 0.224 e. The van der Waals surface area contributed by atoms with Gasteiger partial charge in [0.05, 0.1) is 5.92 Å². The maximum absolute atomic E-state index is 11.9. The first-order valence-electron chi connectivity index (χ1n) is 5.79. The molecule has 0 aliphatic carbocycles. The van der Waals surface area contributed by atoms with Gasteiger partial charge in [0.25, 0.3) is 0 Å². The summed E-state index contributed by atoms with van der Waals surface area (Å²) >= 11 is 0. The molecule has 1 aromatic rings. The van der Waals surface area contributed by atoms with E-state index in [0.29, 0.717) is 12.5 Å². The molecule has 3 nitrogen and oxygen atoms in total. The molecule has 0 spiro atoms. The van der Waals surface area contributed by atoms with Crippen LogP contribution in [0.25, 0.3) is 0 Å². The van der Waals surface area contributed by atoms with Crippen LogP contribution in [0.5, 0.6) is 0 Å². The molecule has 86 valence electrons. The second-order valence-electron chi connectivity index (χ2n) is 4.45. The highest BCUT2D eigenvalue weighted by molar-refractivity contribution is 5.79. The van der Waals surface area contributed by atoms with Gasteiger partial charge in [-0.1, -0.05) is 37.3 Å². The number of amides is 1. The van der Waals surface area contributed by atoms with E-state index < -0.39 is 0 Å². The van der Waals surface area contributed by atoms with Gasteiger partial charge in [-0.25, -0.2) is 0 Å².